The van der Waals surface area contributed by atoms with E-state index in [2.05, 4.69) is 10.5 Å². The summed E-state index contributed by atoms with van der Waals surface area (Å²) in [6, 6.07) is 11.2. The number of fused-ring (bicyclic) bond motifs is 1. The van der Waals surface area contributed by atoms with E-state index >= 15 is 0 Å². The molecule has 0 saturated carbocycles. The third-order valence-corrected chi connectivity index (χ3v) is 6.50. The number of aryl methyl sites for hydroxylation is 1. The summed E-state index contributed by atoms with van der Waals surface area (Å²) in [7, 11) is 1.92. The van der Waals surface area contributed by atoms with E-state index in [0.717, 1.165) is 16.6 Å². The van der Waals surface area contributed by atoms with E-state index < -0.39 is 6.04 Å². The van der Waals surface area contributed by atoms with Gasteiger partial charge in [0.05, 0.1) is 15.1 Å². The van der Waals surface area contributed by atoms with Gasteiger partial charge in [-0.2, -0.15) is 0 Å². The summed E-state index contributed by atoms with van der Waals surface area (Å²) in [5.74, 6) is -0.310. The molecule has 1 N–H and O–H groups in total. The van der Waals surface area contributed by atoms with Crippen molar-refractivity contribution in [3.8, 4) is 0 Å². The summed E-state index contributed by atoms with van der Waals surface area (Å²) >= 11 is 2.91. The minimum Gasteiger partial charge on any atom is -0.326 e. The molecule has 1 aliphatic heterocycles. The van der Waals surface area contributed by atoms with Crippen LogP contribution in [-0.4, -0.2) is 33.9 Å². The van der Waals surface area contributed by atoms with E-state index in [9.17, 15) is 9.59 Å². The number of nitrogens with zero attached hydrogens (tertiary/aromatic N) is 3. The minimum absolute atomic E-state index is 0.0786. The van der Waals surface area contributed by atoms with Crippen LogP contribution in [0.15, 0.2) is 46.9 Å². The quantitative estimate of drug-likeness (QED) is 0.703. The third kappa shape index (κ3) is 3.06. The predicted molar refractivity (Wildman–Crippen MR) is 103 cm³/mol. The fourth-order valence-corrected chi connectivity index (χ4v) is 4.85. The Balaban J connectivity index is 1.53. The van der Waals surface area contributed by atoms with E-state index in [1.54, 1.807) is 11.0 Å². The summed E-state index contributed by atoms with van der Waals surface area (Å²) in [5.41, 5.74) is 3.73. The number of thiophene rings is 1. The van der Waals surface area contributed by atoms with Gasteiger partial charge in [-0.15, -0.1) is 16.4 Å². The lowest BCUT2D eigenvalue weighted by Crippen LogP contribution is -2.45. The van der Waals surface area contributed by atoms with Gasteiger partial charge < -0.3 is 9.47 Å². The van der Waals surface area contributed by atoms with E-state index in [4.69, 9.17) is 0 Å². The zero-order valence-corrected chi connectivity index (χ0v) is 15.8. The lowest BCUT2D eigenvalue weighted by Gasteiger charge is -2.22. The Morgan fingerprint density at radius 2 is 2.08 bits per heavy atom. The molecule has 1 atom stereocenters. The Morgan fingerprint density at radius 3 is 2.85 bits per heavy atom. The first kappa shape index (κ1) is 17.0. The molecular weight excluding hydrogens is 368 g/mol. The Bertz CT molecular complexity index is 1020. The van der Waals surface area contributed by atoms with Crippen molar-refractivity contribution in [1.29, 1.82) is 0 Å². The smallest absolute Gasteiger partial charge is 0.264 e. The Kier molecular flexibility index (Phi) is 4.60. The van der Waals surface area contributed by atoms with Gasteiger partial charge in [0.25, 0.3) is 11.8 Å². The molecular formula is C18H18N4O2S2. The SMILES string of the molecule is Cn1/c(=N/NC(=O)[C@@H]2CCCN2C(=O)c2cccs2)sc2ccccc21. The highest BCUT2D eigenvalue weighted by molar-refractivity contribution is 7.16. The van der Waals surface area contributed by atoms with Gasteiger partial charge in [0, 0.05) is 13.6 Å². The van der Waals surface area contributed by atoms with Crippen molar-refractivity contribution in [1.82, 2.24) is 14.9 Å². The van der Waals surface area contributed by atoms with Crippen molar-refractivity contribution in [3.05, 3.63) is 51.5 Å². The van der Waals surface area contributed by atoms with E-state index in [-0.39, 0.29) is 11.8 Å². The highest BCUT2D eigenvalue weighted by Gasteiger charge is 2.34. The molecule has 3 heterocycles. The first-order chi connectivity index (χ1) is 12.6. The van der Waals surface area contributed by atoms with Gasteiger partial charge in [0.15, 0.2) is 0 Å². The molecule has 4 rings (SSSR count). The highest BCUT2D eigenvalue weighted by atomic mass is 32.1. The summed E-state index contributed by atoms with van der Waals surface area (Å²) in [5, 5.41) is 6.16. The van der Waals surface area contributed by atoms with Crippen LogP contribution in [0.1, 0.15) is 22.5 Å². The minimum atomic E-state index is -0.465. The molecule has 2 amide bonds. The predicted octanol–water partition coefficient (Wildman–Crippen LogP) is 2.54. The maximum absolute atomic E-state index is 12.6. The third-order valence-electron chi connectivity index (χ3n) is 4.52. The highest BCUT2D eigenvalue weighted by Crippen LogP contribution is 2.22. The van der Waals surface area contributed by atoms with E-state index in [0.29, 0.717) is 22.6 Å². The first-order valence-electron chi connectivity index (χ1n) is 8.38. The molecule has 0 radical (unpaired) electrons. The van der Waals surface area contributed by atoms with Gasteiger partial charge in [-0.3, -0.25) is 9.59 Å². The molecule has 3 aromatic rings. The van der Waals surface area contributed by atoms with Crippen LogP contribution in [0.3, 0.4) is 0 Å². The number of carbonyl (C=O) groups excluding carboxylic acids is 2. The zero-order valence-electron chi connectivity index (χ0n) is 14.2. The van der Waals surface area contributed by atoms with Gasteiger partial charge in [-0.1, -0.05) is 29.5 Å². The second kappa shape index (κ2) is 7.05. The molecule has 26 heavy (non-hydrogen) atoms. The summed E-state index contributed by atoms with van der Waals surface area (Å²) in [4.78, 5) is 28.3. The fraction of sp³-hybridized carbons (Fsp3) is 0.278. The van der Waals surface area contributed by atoms with Gasteiger partial charge >= 0.3 is 0 Å². The van der Waals surface area contributed by atoms with Crippen LogP contribution in [0.5, 0.6) is 0 Å². The number of rotatable bonds is 3. The maximum Gasteiger partial charge on any atom is 0.264 e. The van der Waals surface area contributed by atoms with Crippen LogP contribution in [-0.2, 0) is 11.8 Å². The lowest BCUT2D eigenvalue weighted by atomic mass is 10.2. The number of carbonyl (C=O) groups is 2. The molecule has 0 spiro atoms. The van der Waals surface area contributed by atoms with Crippen LogP contribution < -0.4 is 10.2 Å². The average Bonchev–Trinajstić information content (AvgIpc) is 3.40. The molecule has 1 saturated heterocycles. The summed E-state index contributed by atoms with van der Waals surface area (Å²) < 4.78 is 3.06. The first-order valence-corrected chi connectivity index (χ1v) is 10.1. The molecule has 0 bridgehead atoms. The molecule has 1 aliphatic rings. The normalized spacial score (nSPS) is 17.8. The van der Waals surface area contributed by atoms with Crippen molar-refractivity contribution >= 4 is 44.7 Å². The number of hydrogen-bond donors (Lipinski definition) is 1. The number of hydrogen-bond acceptors (Lipinski definition) is 5. The van der Waals surface area contributed by atoms with Crippen molar-refractivity contribution in [3.63, 3.8) is 0 Å². The number of nitrogens with one attached hydrogen (secondary N) is 1. The van der Waals surface area contributed by atoms with Crippen LogP contribution in [0, 0.1) is 0 Å². The zero-order chi connectivity index (χ0) is 18.1. The molecule has 0 unspecified atom stereocenters. The Hall–Kier alpha value is -2.45. The molecule has 0 aliphatic carbocycles. The second-order valence-electron chi connectivity index (χ2n) is 6.13. The molecule has 6 nitrogen and oxygen atoms in total. The summed E-state index contributed by atoms with van der Waals surface area (Å²) in [6.45, 7) is 0.603. The standard InChI is InChI=1S/C18H18N4O2S2/c1-21-12-6-2-3-8-14(12)26-18(21)20-19-16(23)13-7-4-10-22(13)17(24)15-9-5-11-25-15/h2-3,5-6,8-9,11,13H,4,7,10H2,1H3,(H,19,23)/b20-18-/t13-/m0/s1. The lowest BCUT2D eigenvalue weighted by molar-refractivity contribution is -0.124. The summed E-state index contributed by atoms with van der Waals surface area (Å²) in [6.07, 6.45) is 1.49. The van der Waals surface area contributed by atoms with Gasteiger partial charge in [0.2, 0.25) is 4.80 Å². The topological polar surface area (TPSA) is 66.7 Å². The van der Waals surface area contributed by atoms with Crippen LogP contribution in [0.4, 0.5) is 0 Å². The number of benzene rings is 1. The van der Waals surface area contributed by atoms with Crippen LogP contribution in [0.25, 0.3) is 10.2 Å². The molecule has 2 aromatic heterocycles. The number of thiazole rings is 1. The number of para-hydroxylation sites is 1. The molecule has 1 aromatic carbocycles. The number of aromatic nitrogens is 1. The van der Waals surface area contributed by atoms with Crippen LogP contribution in [0.2, 0.25) is 0 Å². The Morgan fingerprint density at radius 1 is 1.23 bits per heavy atom. The van der Waals surface area contributed by atoms with Crippen LogP contribution >= 0.6 is 22.7 Å². The Labute approximate surface area is 158 Å². The average molecular weight is 387 g/mol. The largest absolute Gasteiger partial charge is 0.326 e. The van der Waals surface area contributed by atoms with Crippen molar-refractivity contribution in [2.75, 3.05) is 6.54 Å². The van der Waals surface area contributed by atoms with E-state index in [1.807, 2.05) is 47.3 Å². The number of likely N-dealkylation sites (tertiary alicyclic amines) is 1. The monoisotopic (exact) mass is 386 g/mol. The van der Waals surface area contributed by atoms with Crippen molar-refractivity contribution in [2.45, 2.75) is 18.9 Å². The molecule has 134 valence electrons. The second-order valence-corrected chi connectivity index (χ2v) is 8.09. The van der Waals surface area contributed by atoms with Gasteiger partial charge in [-0.05, 0) is 36.4 Å². The van der Waals surface area contributed by atoms with Crippen molar-refractivity contribution in [2.24, 2.45) is 12.1 Å². The van der Waals surface area contributed by atoms with Gasteiger partial charge in [0.1, 0.15) is 6.04 Å². The van der Waals surface area contributed by atoms with Crippen molar-refractivity contribution < 1.29 is 9.59 Å². The molecule has 1 fully saturated rings. The number of amides is 2. The van der Waals surface area contributed by atoms with E-state index in [1.165, 1.54) is 22.7 Å². The molecule has 8 heteroatoms. The van der Waals surface area contributed by atoms with Gasteiger partial charge in [-0.25, -0.2) is 5.43 Å². The fourth-order valence-electron chi connectivity index (χ4n) is 3.19. The maximum atomic E-state index is 12.6.